The number of nitrogens with one attached hydrogen (secondary N) is 1. The summed E-state index contributed by atoms with van der Waals surface area (Å²) in [6.07, 6.45) is 3.40. The Hall–Kier alpha value is -3.02. The molecular formula is C23H24ClF2N5O3S. The van der Waals surface area contributed by atoms with Crippen molar-refractivity contribution in [2.24, 2.45) is 0 Å². The minimum atomic E-state index is -3.51. The van der Waals surface area contributed by atoms with Crippen LogP contribution in [0.15, 0.2) is 47.5 Å². The summed E-state index contributed by atoms with van der Waals surface area (Å²) < 4.78 is 52.7. The zero-order valence-corrected chi connectivity index (χ0v) is 20.6. The maximum atomic E-state index is 14.5. The first-order valence-electron chi connectivity index (χ1n) is 10.8. The standard InChI is InChI=1S/C23H24ClF2N5O3S/c1-30(19-4-3-18(25)21(24)22(19)26)20-5-8-27-23(29-20)28-14-11-15(13-17(12-14)35(2,33)34)31-9-6-16(32)7-10-31/h3-5,8,11-13,16,32H,6-7,9-10H2,1-2H3,(H,27,28,29). The van der Waals surface area contributed by atoms with E-state index in [1.54, 1.807) is 25.2 Å². The van der Waals surface area contributed by atoms with Crippen LogP contribution in [0.1, 0.15) is 12.8 Å². The predicted molar refractivity (Wildman–Crippen MR) is 132 cm³/mol. The number of anilines is 5. The molecule has 0 aliphatic carbocycles. The van der Waals surface area contributed by atoms with Gasteiger partial charge in [-0.1, -0.05) is 11.6 Å². The molecule has 35 heavy (non-hydrogen) atoms. The SMILES string of the molecule is CN(c1ccnc(Nc2cc(N3CCC(O)CC3)cc(S(C)(=O)=O)c2)n1)c1ccc(F)c(Cl)c1F. The van der Waals surface area contributed by atoms with Gasteiger partial charge in [0, 0.05) is 44.0 Å². The summed E-state index contributed by atoms with van der Waals surface area (Å²) >= 11 is 5.70. The molecule has 0 amide bonds. The lowest BCUT2D eigenvalue weighted by Crippen LogP contribution is -2.35. The van der Waals surface area contributed by atoms with Gasteiger partial charge >= 0.3 is 0 Å². The third-order valence-electron chi connectivity index (χ3n) is 5.77. The summed E-state index contributed by atoms with van der Waals surface area (Å²) in [6.45, 7) is 1.19. The lowest BCUT2D eigenvalue weighted by Gasteiger charge is -2.32. The van der Waals surface area contributed by atoms with Gasteiger partial charge < -0.3 is 20.2 Å². The number of aliphatic hydroxyl groups excluding tert-OH is 1. The van der Waals surface area contributed by atoms with Crippen LogP contribution in [-0.4, -0.2) is 56.0 Å². The smallest absolute Gasteiger partial charge is 0.229 e. The van der Waals surface area contributed by atoms with Gasteiger partial charge in [0.2, 0.25) is 5.95 Å². The quantitative estimate of drug-likeness (QED) is 0.462. The van der Waals surface area contributed by atoms with Crippen LogP contribution in [0, 0.1) is 11.6 Å². The first-order valence-corrected chi connectivity index (χ1v) is 13.1. The van der Waals surface area contributed by atoms with E-state index in [-0.39, 0.29) is 22.6 Å². The fourth-order valence-corrected chi connectivity index (χ4v) is 4.64. The number of hydrogen-bond acceptors (Lipinski definition) is 8. The molecular weight excluding hydrogens is 500 g/mol. The first kappa shape index (κ1) is 25.1. The van der Waals surface area contributed by atoms with E-state index >= 15 is 0 Å². The van der Waals surface area contributed by atoms with Crippen LogP contribution >= 0.6 is 11.6 Å². The largest absolute Gasteiger partial charge is 0.393 e. The van der Waals surface area contributed by atoms with E-state index in [0.717, 1.165) is 12.3 Å². The first-order chi connectivity index (χ1) is 16.5. The number of aliphatic hydroxyl groups is 1. The highest BCUT2D eigenvalue weighted by Crippen LogP contribution is 2.32. The molecule has 0 spiro atoms. The van der Waals surface area contributed by atoms with Crippen LogP contribution in [0.5, 0.6) is 0 Å². The molecule has 1 saturated heterocycles. The Balaban J connectivity index is 1.65. The topological polar surface area (TPSA) is 98.7 Å². The molecule has 3 aromatic rings. The van der Waals surface area contributed by atoms with Crippen molar-refractivity contribution in [2.45, 2.75) is 23.8 Å². The number of piperidine rings is 1. The summed E-state index contributed by atoms with van der Waals surface area (Å²) in [4.78, 5) is 12.1. The van der Waals surface area contributed by atoms with Gasteiger partial charge in [0.15, 0.2) is 15.7 Å². The Kier molecular flexibility index (Phi) is 7.11. The van der Waals surface area contributed by atoms with Crippen molar-refractivity contribution in [1.29, 1.82) is 0 Å². The molecule has 12 heteroatoms. The van der Waals surface area contributed by atoms with E-state index in [1.807, 2.05) is 4.90 Å². The van der Waals surface area contributed by atoms with E-state index < -0.39 is 26.5 Å². The average molecular weight is 524 g/mol. The van der Waals surface area contributed by atoms with Crippen molar-refractivity contribution in [3.8, 4) is 0 Å². The summed E-state index contributed by atoms with van der Waals surface area (Å²) in [5, 5.41) is 12.2. The minimum Gasteiger partial charge on any atom is -0.393 e. The van der Waals surface area contributed by atoms with Crippen LogP contribution in [0.4, 0.5) is 37.6 Å². The number of aromatic nitrogens is 2. The van der Waals surface area contributed by atoms with Gasteiger partial charge in [0.25, 0.3) is 0 Å². The molecule has 0 atom stereocenters. The highest BCUT2D eigenvalue weighted by atomic mass is 35.5. The number of hydrogen-bond donors (Lipinski definition) is 2. The van der Waals surface area contributed by atoms with Crippen LogP contribution in [-0.2, 0) is 9.84 Å². The van der Waals surface area contributed by atoms with E-state index in [4.69, 9.17) is 11.6 Å². The van der Waals surface area contributed by atoms with Gasteiger partial charge in [-0.15, -0.1) is 0 Å². The fraction of sp³-hybridized carbons (Fsp3) is 0.304. The van der Waals surface area contributed by atoms with Gasteiger partial charge in [-0.3, -0.25) is 0 Å². The van der Waals surface area contributed by atoms with Crippen molar-refractivity contribution in [2.75, 3.05) is 41.5 Å². The molecule has 1 fully saturated rings. The Labute approximate surface area is 207 Å². The number of nitrogens with zero attached hydrogens (tertiary/aromatic N) is 4. The van der Waals surface area contributed by atoms with Crippen LogP contribution < -0.4 is 15.1 Å². The fourth-order valence-electron chi connectivity index (χ4n) is 3.80. The molecule has 0 saturated carbocycles. The molecule has 8 nitrogen and oxygen atoms in total. The van der Waals surface area contributed by atoms with E-state index in [2.05, 4.69) is 15.3 Å². The van der Waals surface area contributed by atoms with Crippen LogP contribution in [0.25, 0.3) is 0 Å². The Morgan fingerprint density at radius 3 is 2.57 bits per heavy atom. The molecule has 2 N–H and O–H groups in total. The maximum absolute atomic E-state index is 14.5. The van der Waals surface area contributed by atoms with Crippen LogP contribution in [0.2, 0.25) is 5.02 Å². The molecule has 0 radical (unpaired) electrons. The third-order valence-corrected chi connectivity index (χ3v) is 7.20. The van der Waals surface area contributed by atoms with Gasteiger partial charge in [-0.2, -0.15) is 4.98 Å². The maximum Gasteiger partial charge on any atom is 0.229 e. The van der Waals surface area contributed by atoms with Crippen LogP contribution in [0.3, 0.4) is 0 Å². The van der Waals surface area contributed by atoms with Crippen molar-refractivity contribution in [3.05, 3.63) is 59.3 Å². The highest BCUT2D eigenvalue weighted by molar-refractivity contribution is 7.90. The molecule has 186 valence electrons. The van der Waals surface area contributed by atoms with E-state index in [9.17, 15) is 22.3 Å². The highest BCUT2D eigenvalue weighted by Gasteiger charge is 2.21. The Morgan fingerprint density at radius 1 is 1.17 bits per heavy atom. The summed E-state index contributed by atoms with van der Waals surface area (Å²) in [5.74, 6) is -1.34. The van der Waals surface area contributed by atoms with Crippen molar-refractivity contribution < 1.29 is 22.3 Å². The average Bonchev–Trinajstić information content (AvgIpc) is 2.82. The Bertz CT molecular complexity index is 1350. The lowest BCUT2D eigenvalue weighted by molar-refractivity contribution is 0.145. The molecule has 1 aliphatic rings. The van der Waals surface area contributed by atoms with Gasteiger partial charge in [0.1, 0.15) is 16.7 Å². The zero-order chi connectivity index (χ0) is 25.3. The second-order valence-corrected chi connectivity index (χ2v) is 10.7. The minimum absolute atomic E-state index is 0.0229. The summed E-state index contributed by atoms with van der Waals surface area (Å²) in [6, 6.07) is 8.73. The summed E-state index contributed by atoms with van der Waals surface area (Å²) in [7, 11) is -1.96. The van der Waals surface area contributed by atoms with Crippen molar-refractivity contribution in [3.63, 3.8) is 0 Å². The van der Waals surface area contributed by atoms with E-state index in [1.165, 1.54) is 23.2 Å². The zero-order valence-electron chi connectivity index (χ0n) is 19.0. The molecule has 1 aliphatic heterocycles. The molecule has 0 bridgehead atoms. The molecule has 2 heterocycles. The number of rotatable bonds is 6. The van der Waals surface area contributed by atoms with E-state index in [0.29, 0.717) is 43.1 Å². The number of benzene rings is 2. The number of halogens is 3. The number of sulfone groups is 1. The lowest BCUT2D eigenvalue weighted by atomic mass is 10.1. The summed E-state index contributed by atoms with van der Waals surface area (Å²) in [5.41, 5.74) is 1.16. The monoisotopic (exact) mass is 523 g/mol. The van der Waals surface area contributed by atoms with Gasteiger partial charge in [-0.05, 0) is 49.2 Å². The predicted octanol–water partition coefficient (Wildman–Crippen LogP) is 4.28. The van der Waals surface area contributed by atoms with Crippen molar-refractivity contribution in [1.82, 2.24) is 9.97 Å². The molecule has 1 aromatic heterocycles. The van der Waals surface area contributed by atoms with Crippen molar-refractivity contribution >= 4 is 50.3 Å². The second-order valence-electron chi connectivity index (χ2n) is 8.32. The molecule has 4 rings (SSSR count). The normalized spacial score (nSPS) is 14.7. The Morgan fingerprint density at radius 2 is 1.89 bits per heavy atom. The molecule has 2 aromatic carbocycles. The third kappa shape index (κ3) is 5.63. The van der Waals surface area contributed by atoms with Gasteiger partial charge in [0.05, 0.1) is 16.7 Å². The second kappa shape index (κ2) is 9.92. The van der Waals surface area contributed by atoms with Gasteiger partial charge in [-0.25, -0.2) is 22.2 Å². The molecule has 0 unspecified atom stereocenters.